The predicted molar refractivity (Wildman–Crippen MR) is 61.4 cm³/mol. The standard InChI is InChI=1S/C11H21ClO3/c1-2-3-4-5-6-7-8-9-10(12)15-11(13)14/h10H,2-9H2,1H3,(H,13,14). The van der Waals surface area contributed by atoms with Crippen LogP contribution in [0.3, 0.4) is 0 Å². The van der Waals surface area contributed by atoms with Crippen LogP contribution in [0, 0.1) is 0 Å². The van der Waals surface area contributed by atoms with Crippen LogP contribution in [0.4, 0.5) is 4.79 Å². The first-order valence-corrected chi connectivity index (χ1v) is 6.14. The fraction of sp³-hybridized carbons (Fsp3) is 0.909. The SMILES string of the molecule is CCCCCCCCCC(Cl)OC(=O)O. The van der Waals surface area contributed by atoms with E-state index in [1.54, 1.807) is 0 Å². The highest BCUT2D eigenvalue weighted by Gasteiger charge is 2.08. The van der Waals surface area contributed by atoms with Gasteiger partial charge in [0.05, 0.1) is 0 Å². The zero-order valence-electron chi connectivity index (χ0n) is 9.38. The number of alkyl halides is 1. The Morgan fingerprint density at radius 2 is 1.73 bits per heavy atom. The Morgan fingerprint density at radius 3 is 2.27 bits per heavy atom. The molecule has 0 rings (SSSR count). The van der Waals surface area contributed by atoms with Gasteiger partial charge in [0.1, 0.15) is 0 Å². The molecular formula is C11H21ClO3. The Morgan fingerprint density at radius 1 is 1.20 bits per heavy atom. The Hall–Kier alpha value is -0.440. The molecule has 0 aliphatic rings. The molecule has 1 unspecified atom stereocenters. The van der Waals surface area contributed by atoms with Crippen molar-refractivity contribution < 1.29 is 14.6 Å². The number of halogens is 1. The minimum Gasteiger partial charge on any atom is -0.450 e. The van der Waals surface area contributed by atoms with E-state index < -0.39 is 11.7 Å². The zero-order valence-corrected chi connectivity index (χ0v) is 10.1. The van der Waals surface area contributed by atoms with Crippen LogP contribution in [0.25, 0.3) is 0 Å². The van der Waals surface area contributed by atoms with Gasteiger partial charge in [-0.3, -0.25) is 0 Å². The molecule has 0 aromatic heterocycles. The van der Waals surface area contributed by atoms with Gasteiger partial charge in [-0.15, -0.1) is 0 Å². The van der Waals surface area contributed by atoms with Crippen LogP contribution in [0.1, 0.15) is 58.3 Å². The van der Waals surface area contributed by atoms with Gasteiger partial charge in [-0.2, -0.15) is 0 Å². The lowest BCUT2D eigenvalue weighted by molar-refractivity contribution is 0.0766. The van der Waals surface area contributed by atoms with Crippen molar-refractivity contribution >= 4 is 17.8 Å². The Balaban J connectivity index is 3.13. The average Bonchev–Trinajstić information content (AvgIpc) is 2.15. The molecule has 0 heterocycles. The molecule has 0 aromatic rings. The minimum absolute atomic E-state index is 0.613. The highest BCUT2D eigenvalue weighted by atomic mass is 35.5. The number of hydrogen-bond donors (Lipinski definition) is 1. The zero-order chi connectivity index (χ0) is 11.5. The summed E-state index contributed by atoms with van der Waals surface area (Å²) in [5.74, 6) is 0. The van der Waals surface area contributed by atoms with Crippen molar-refractivity contribution in [3.63, 3.8) is 0 Å². The van der Waals surface area contributed by atoms with E-state index in [2.05, 4.69) is 11.7 Å². The number of unbranched alkanes of at least 4 members (excludes halogenated alkanes) is 6. The van der Waals surface area contributed by atoms with Crippen LogP contribution < -0.4 is 0 Å². The van der Waals surface area contributed by atoms with E-state index in [0.29, 0.717) is 6.42 Å². The minimum atomic E-state index is -1.29. The molecule has 0 saturated carbocycles. The van der Waals surface area contributed by atoms with E-state index >= 15 is 0 Å². The molecule has 0 radical (unpaired) electrons. The lowest BCUT2D eigenvalue weighted by Gasteiger charge is -2.07. The maximum Gasteiger partial charge on any atom is 0.507 e. The summed E-state index contributed by atoms with van der Waals surface area (Å²) in [4.78, 5) is 10.1. The van der Waals surface area contributed by atoms with Gasteiger partial charge in [0, 0.05) is 0 Å². The summed E-state index contributed by atoms with van der Waals surface area (Å²) in [6.45, 7) is 2.20. The number of hydrogen-bond acceptors (Lipinski definition) is 2. The molecule has 0 amide bonds. The largest absolute Gasteiger partial charge is 0.507 e. The molecular weight excluding hydrogens is 216 g/mol. The third kappa shape index (κ3) is 11.5. The second kappa shape index (κ2) is 10.1. The van der Waals surface area contributed by atoms with Crippen LogP contribution >= 0.6 is 11.6 Å². The molecule has 0 aromatic carbocycles. The molecule has 1 atom stereocenters. The van der Waals surface area contributed by atoms with Crippen LogP contribution in [0.2, 0.25) is 0 Å². The van der Waals surface area contributed by atoms with Gasteiger partial charge in [0.25, 0.3) is 0 Å². The van der Waals surface area contributed by atoms with Gasteiger partial charge in [-0.25, -0.2) is 4.79 Å². The Kier molecular flexibility index (Phi) is 9.79. The van der Waals surface area contributed by atoms with Gasteiger partial charge in [-0.05, 0) is 12.8 Å². The molecule has 0 bridgehead atoms. The van der Waals surface area contributed by atoms with Crippen molar-refractivity contribution in [1.82, 2.24) is 0 Å². The van der Waals surface area contributed by atoms with Crippen LogP contribution in [-0.4, -0.2) is 16.8 Å². The van der Waals surface area contributed by atoms with Gasteiger partial charge in [-0.1, -0.05) is 57.0 Å². The van der Waals surface area contributed by atoms with Crippen LogP contribution in [0.5, 0.6) is 0 Å². The highest BCUT2D eigenvalue weighted by Crippen LogP contribution is 2.13. The van der Waals surface area contributed by atoms with Crippen molar-refractivity contribution in [3.05, 3.63) is 0 Å². The molecule has 0 aliphatic carbocycles. The van der Waals surface area contributed by atoms with Gasteiger partial charge >= 0.3 is 6.16 Å². The molecule has 0 spiro atoms. The molecule has 1 N–H and O–H groups in total. The summed E-state index contributed by atoms with van der Waals surface area (Å²) < 4.78 is 4.38. The number of rotatable bonds is 9. The maximum atomic E-state index is 10.1. The van der Waals surface area contributed by atoms with E-state index in [1.165, 1.54) is 32.1 Å². The highest BCUT2D eigenvalue weighted by molar-refractivity contribution is 6.20. The number of ether oxygens (including phenoxy) is 1. The van der Waals surface area contributed by atoms with Gasteiger partial charge in [0.15, 0.2) is 5.56 Å². The first-order chi connectivity index (χ1) is 7.16. The fourth-order valence-electron chi connectivity index (χ4n) is 1.43. The van der Waals surface area contributed by atoms with Crippen molar-refractivity contribution in [2.75, 3.05) is 0 Å². The van der Waals surface area contributed by atoms with Crippen molar-refractivity contribution in [3.8, 4) is 0 Å². The van der Waals surface area contributed by atoms with Crippen molar-refractivity contribution in [2.45, 2.75) is 63.9 Å². The van der Waals surface area contributed by atoms with E-state index in [9.17, 15) is 4.79 Å². The topological polar surface area (TPSA) is 46.5 Å². The smallest absolute Gasteiger partial charge is 0.450 e. The lowest BCUT2D eigenvalue weighted by atomic mass is 10.1. The number of carbonyl (C=O) groups is 1. The predicted octanol–water partition coefficient (Wildman–Crippen LogP) is 4.39. The summed E-state index contributed by atoms with van der Waals surface area (Å²) in [6.07, 6.45) is 7.70. The first kappa shape index (κ1) is 14.6. The number of carboxylic acid groups (broad SMARTS) is 1. The third-order valence-corrected chi connectivity index (χ3v) is 2.57. The maximum absolute atomic E-state index is 10.1. The van der Waals surface area contributed by atoms with Crippen LogP contribution in [-0.2, 0) is 4.74 Å². The molecule has 0 saturated heterocycles. The van der Waals surface area contributed by atoms with Crippen molar-refractivity contribution in [1.29, 1.82) is 0 Å². The van der Waals surface area contributed by atoms with E-state index in [0.717, 1.165) is 12.8 Å². The van der Waals surface area contributed by atoms with Crippen LogP contribution in [0.15, 0.2) is 0 Å². The molecule has 0 fully saturated rings. The molecule has 90 valence electrons. The Bertz CT molecular complexity index is 162. The summed E-state index contributed by atoms with van der Waals surface area (Å²) in [5.41, 5.74) is -0.682. The van der Waals surface area contributed by atoms with Gasteiger partial charge < -0.3 is 9.84 Å². The quantitative estimate of drug-likeness (QED) is 0.367. The normalized spacial score (nSPS) is 12.4. The Labute approximate surface area is 96.8 Å². The lowest BCUT2D eigenvalue weighted by Crippen LogP contribution is -2.09. The fourth-order valence-corrected chi connectivity index (χ4v) is 1.66. The summed E-state index contributed by atoms with van der Waals surface area (Å²) in [5, 5.41) is 8.28. The van der Waals surface area contributed by atoms with E-state index in [-0.39, 0.29) is 0 Å². The van der Waals surface area contributed by atoms with E-state index in [1.807, 2.05) is 0 Å². The average molecular weight is 237 g/mol. The monoisotopic (exact) mass is 236 g/mol. The second-order valence-electron chi connectivity index (χ2n) is 3.70. The molecule has 0 aliphatic heterocycles. The summed E-state index contributed by atoms with van der Waals surface area (Å²) in [6, 6.07) is 0. The second-order valence-corrected chi connectivity index (χ2v) is 4.19. The third-order valence-electron chi connectivity index (χ3n) is 2.26. The van der Waals surface area contributed by atoms with Crippen molar-refractivity contribution in [2.24, 2.45) is 0 Å². The summed E-state index contributed by atoms with van der Waals surface area (Å²) >= 11 is 5.64. The summed E-state index contributed by atoms with van der Waals surface area (Å²) in [7, 11) is 0. The molecule has 15 heavy (non-hydrogen) atoms. The first-order valence-electron chi connectivity index (χ1n) is 5.70. The molecule has 3 nitrogen and oxygen atoms in total. The van der Waals surface area contributed by atoms with E-state index in [4.69, 9.17) is 16.7 Å². The van der Waals surface area contributed by atoms with Gasteiger partial charge in [0.2, 0.25) is 0 Å². The molecule has 4 heteroatoms.